The first-order valence-corrected chi connectivity index (χ1v) is 5.98. The Morgan fingerprint density at radius 2 is 2.25 bits per heavy atom. The maximum Gasteiger partial charge on any atom is 0.341 e. The molecule has 1 heterocycles. The van der Waals surface area contributed by atoms with E-state index in [-0.39, 0.29) is 17.3 Å². The number of nitrogens with zero attached hydrogens (tertiary/aromatic N) is 1. The van der Waals surface area contributed by atoms with Gasteiger partial charge in [-0.2, -0.15) is 8.42 Å². The molecule has 1 aromatic rings. The molecule has 8 heteroatoms. The van der Waals surface area contributed by atoms with Gasteiger partial charge < -0.3 is 4.74 Å². The van der Waals surface area contributed by atoms with Gasteiger partial charge in [0.25, 0.3) is 10.1 Å². The molecule has 6 nitrogen and oxygen atoms in total. The molecule has 1 rings (SSSR count). The van der Waals surface area contributed by atoms with E-state index in [0.29, 0.717) is 0 Å². The predicted octanol–water partition coefficient (Wildman–Crippen LogP) is 1.16. The van der Waals surface area contributed by atoms with Crippen LogP contribution in [0.5, 0.6) is 0 Å². The van der Waals surface area contributed by atoms with Crippen LogP contribution in [0, 0.1) is 0 Å². The van der Waals surface area contributed by atoms with E-state index < -0.39 is 21.0 Å². The second-order valence-electron chi connectivity index (χ2n) is 2.70. The Kier molecular flexibility index (Phi) is 3.84. The van der Waals surface area contributed by atoms with Crippen molar-refractivity contribution in [3.8, 4) is 0 Å². The van der Waals surface area contributed by atoms with Crippen LogP contribution in [0.1, 0.15) is 17.3 Å². The lowest BCUT2D eigenvalue weighted by Gasteiger charge is -2.04. The summed E-state index contributed by atoms with van der Waals surface area (Å²) in [5, 5.41) is -0.189. The van der Waals surface area contributed by atoms with Crippen molar-refractivity contribution in [1.82, 2.24) is 4.98 Å². The Morgan fingerprint density at radius 1 is 1.62 bits per heavy atom. The van der Waals surface area contributed by atoms with Gasteiger partial charge in [-0.15, -0.1) is 0 Å². The molecule has 0 fully saturated rings. The van der Waals surface area contributed by atoms with Crippen LogP contribution < -0.4 is 0 Å². The van der Waals surface area contributed by atoms with Crippen LogP contribution in [-0.4, -0.2) is 30.5 Å². The summed E-state index contributed by atoms with van der Waals surface area (Å²) in [5.74, 6) is -0.800. The first kappa shape index (κ1) is 12.9. The third kappa shape index (κ3) is 2.91. The third-order valence-corrected chi connectivity index (χ3v) is 2.73. The average Bonchev–Trinajstić information content (AvgIpc) is 2.16. The van der Waals surface area contributed by atoms with E-state index in [1.165, 1.54) is 0 Å². The van der Waals surface area contributed by atoms with Crippen LogP contribution in [0.25, 0.3) is 0 Å². The largest absolute Gasteiger partial charge is 0.462 e. The highest BCUT2D eigenvalue weighted by atomic mass is 35.5. The Bertz CT molecular complexity index is 513. The van der Waals surface area contributed by atoms with Crippen LogP contribution in [-0.2, 0) is 14.9 Å². The number of esters is 1. The molecule has 1 aromatic heterocycles. The van der Waals surface area contributed by atoms with Crippen LogP contribution in [0.2, 0.25) is 5.15 Å². The van der Waals surface area contributed by atoms with Crippen molar-refractivity contribution in [3.05, 3.63) is 23.0 Å². The molecule has 0 radical (unpaired) electrons. The van der Waals surface area contributed by atoms with E-state index in [2.05, 4.69) is 9.72 Å². The second kappa shape index (κ2) is 4.77. The molecule has 0 saturated heterocycles. The van der Waals surface area contributed by atoms with Gasteiger partial charge in [0, 0.05) is 6.20 Å². The number of halogens is 1. The van der Waals surface area contributed by atoms with Crippen molar-refractivity contribution < 1.29 is 22.5 Å². The molecule has 0 aromatic carbocycles. The zero-order valence-electron chi connectivity index (χ0n) is 8.18. The number of carbonyl (C=O) groups excluding carboxylic acids is 1. The number of ether oxygens (including phenoxy) is 1. The predicted molar refractivity (Wildman–Crippen MR) is 55.0 cm³/mol. The van der Waals surface area contributed by atoms with Gasteiger partial charge in [0.05, 0.1) is 12.2 Å². The van der Waals surface area contributed by atoms with E-state index in [1.807, 2.05) is 0 Å². The normalized spacial score (nSPS) is 11.2. The van der Waals surface area contributed by atoms with Crippen molar-refractivity contribution in [2.75, 3.05) is 6.61 Å². The van der Waals surface area contributed by atoms with Crippen molar-refractivity contribution >= 4 is 27.7 Å². The fourth-order valence-corrected chi connectivity index (χ4v) is 1.56. The summed E-state index contributed by atoms with van der Waals surface area (Å²) in [4.78, 5) is 14.3. The van der Waals surface area contributed by atoms with Crippen LogP contribution >= 0.6 is 11.6 Å². The van der Waals surface area contributed by atoms with E-state index in [1.54, 1.807) is 6.92 Å². The smallest absolute Gasteiger partial charge is 0.341 e. The van der Waals surface area contributed by atoms with Crippen LogP contribution in [0.4, 0.5) is 0 Å². The molecule has 0 saturated carbocycles. The minimum atomic E-state index is -4.42. The lowest BCUT2D eigenvalue weighted by molar-refractivity contribution is 0.0526. The van der Waals surface area contributed by atoms with Crippen LogP contribution in [0.15, 0.2) is 17.2 Å². The maximum absolute atomic E-state index is 11.3. The Hall–Kier alpha value is -1.18. The molecular formula is C8H8ClNO5S. The van der Waals surface area contributed by atoms with E-state index >= 15 is 0 Å². The Morgan fingerprint density at radius 3 is 2.75 bits per heavy atom. The van der Waals surface area contributed by atoms with E-state index in [0.717, 1.165) is 12.3 Å². The maximum atomic E-state index is 11.3. The summed E-state index contributed by atoms with van der Waals surface area (Å²) < 4.78 is 35.0. The minimum absolute atomic E-state index is 0.116. The molecule has 0 aliphatic rings. The van der Waals surface area contributed by atoms with Gasteiger partial charge in [0.1, 0.15) is 10.0 Å². The summed E-state index contributed by atoms with van der Waals surface area (Å²) in [6, 6.07) is 0.905. The monoisotopic (exact) mass is 265 g/mol. The van der Waals surface area contributed by atoms with Crippen molar-refractivity contribution in [1.29, 1.82) is 0 Å². The van der Waals surface area contributed by atoms with E-state index in [9.17, 15) is 13.2 Å². The molecule has 0 bridgehead atoms. The lowest BCUT2D eigenvalue weighted by atomic mass is 10.3. The van der Waals surface area contributed by atoms with Crippen molar-refractivity contribution in [2.45, 2.75) is 11.8 Å². The summed E-state index contributed by atoms with van der Waals surface area (Å²) >= 11 is 5.59. The summed E-state index contributed by atoms with van der Waals surface area (Å²) in [6.45, 7) is 1.71. The highest BCUT2D eigenvalue weighted by molar-refractivity contribution is 7.85. The average molecular weight is 266 g/mol. The number of hydrogen-bond donors (Lipinski definition) is 1. The van der Waals surface area contributed by atoms with Gasteiger partial charge in [-0.3, -0.25) is 4.55 Å². The Balaban J connectivity index is 3.24. The summed E-state index contributed by atoms with van der Waals surface area (Å²) in [6.07, 6.45) is 0.848. The molecule has 16 heavy (non-hydrogen) atoms. The summed E-state index contributed by atoms with van der Waals surface area (Å²) in [7, 11) is -4.42. The zero-order chi connectivity index (χ0) is 12.3. The van der Waals surface area contributed by atoms with Crippen molar-refractivity contribution in [3.63, 3.8) is 0 Å². The SMILES string of the molecule is CCOC(=O)c1cc(S(=O)(=O)O)cnc1Cl. The van der Waals surface area contributed by atoms with Gasteiger partial charge >= 0.3 is 5.97 Å². The first-order chi connectivity index (χ1) is 7.36. The molecule has 0 atom stereocenters. The Labute approximate surface area is 97.0 Å². The molecule has 0 spiro atoms. The highest BCUT2D eigenvalue weighted by Crippen LogP contribution is 2.18. The van der Waals surface area contributed by atoms with Gasteiger partial charge in [0.15, 0.2) is 0 Å². The molecule has 0 amide bonds. The third-order valence-electron chi connectivity index (χ3n) is 1.61. The summed E-state index contributed by atoms with van der Waals surface area (Å²) in [5.41, 5.74) is -0.210. The molecule has 88 valence electrons. The number of rotatable bonds is 3. The molecule has 0 unspecified atom stereocenters. The van der Waals surface area contributed by atoms with Gasteiger partial charge in [-0.1, -0.05) is 11.6 Å². The zero-order valence-corrected chi connectivity index (χ0v) is 9.75. The number of carbonyl (C=O) groups is 1. The molecular weight excluding hydrogens is 258 g/mol. The number of pyridine rings is 1. The van der Waals surface area contributed by atoms with Gasteiger partial charge in [-0.05, 0) is 13.0 Å². The minimum Gasteiger partial charge on any atom is -0.462 e. The standard InChI is InChI=1S/C8H8ClNO5S/c1-2-15-8(11)6-3-5(16(12,13)14)4-10-7(6)9/h3-4H,2H2,1H3,(H,12,13,14). The fourth-order valence-electron chi connectivity index (χ4n) is 0.922. The number of aromatic nitrogens is 1. The highest BCUT2D eigenvalue weighted by Gasteiger charge is 2.18. The first-order valence-electron chi connectivity index (χ1n) is 4.16. The molecule has 1 N–H and O–H groups in total. The van der Waals surface area contributed by atoms with Gasteiger partial charge in [-0.25, -0.2) is 9.78 Å². The van der Waals surface area contributed by atoms with Gasteiger partial charge in [0.2, 0.25) is 0 Å². The van der Waals surface area contributed by atoms with E-state index in [4.69, 9.17) is 16.2 Å². The second-order valence-corrected chi connectivity index (χ2v) is 4.48. The fraction of sp³-hybridized carbons (Fsp3) is 0.250. The van der Waals surface area contributed by atoms with Crippen LogP contribution in [0.3, 0.4) is 0 Å². The molecule has 0 aliphatic heterocycles. The quantitative estimate of drug-likeness (QED) is 0.501. The molecule has 0 aliphatic carbocycles. The van der Waals surface area contributed by atoms with Crippen molar-refractivity contribution in [2.24, 2.45) is 0 Å². The topological polar surface area (TPSA) is 93.6 Å². The lowest BCUT2D eigenvalue weighted by Crippen LogP contribution is -2.08. The number of hydrogen-bond acceptors (Lipinski definition) is 5.